The number of anilines is 2. The van der Waals surface area contributed by atoms with E-state index in [0.717, 1.165) is 29.8 Å². The van der Waals surface area contributed by atoms with Crippen LogP contribution in [-0.4, -0.2) is 21.1 Å². The second-order valence-electron chi connectivity index (χ2n) is 9.69. The summed E-state index contributed by atoms with van der Waals surface area (Å²) in [5.41, 5.74) is 1.00. The fourth-order valence-electron chi connectivity index (χ4n) is 5.88. The highest BCUT2D eigenvalue weighted by Gasteiger charge is 2.44. The standard InChI is InChI=1S/C25H29F3N2O3S/c1-15-13-17(7-9-21(15)25(26,27)28)30-34(31,32)18-8-10-22-20(14-18)24-19(11-12-33-24)23(29-22)16-5-3-2-4-6-16/h7-10,13-14,16,19,23-24,29-30H,2-6,11-12H2,1H3. The van der Waals surface area contributed by atoms with Gasteiger partial charge in [0.15, 0.2) is 0 Å². The number of benzene rings is 2. The third-order valence-electron chi connectivity index (χ3n) is 7.50. The first-order valence-corrected chi connectivity index (χ1v) is 13.3. The predicted molar refractivity (Wildman–Crippen MR) is 124 cm³/mol. The zero-order valence-electron chi connectivity index (χ0n) is 19.0. The van der Waals surface area contributed by atoms with E-state index in [-0.39, 0.29) is 22.3 Å². The van der Waals surface area contributed by atoms with Gasteiger partial charge in [0.2, 0.25) is 0 Å². The Morgan fingerprint density at radius 3 is 2.50 bits per heavy atom. The molecular formula is C25H29F3N2O3S. The molecule has 5 nitrogen and oxygen atoms in total. The number of nitrogens with one attached hydrogen (secondary N) is 2. The summed E-state index contributed by atoms with van der Waals surface area (Å²) in [6, 6.07) is 8.53. The van der Waals surface area contributed by atoms with E-state index in [0.29, 0.717) is 24.5 Å². The van der Waals surface area contributed by atoms with Crippen LogP contribution in [0.1, 0.15) is 61.3 Å². The van der Waals surface area contributed by atoms with Crippen LogP contribution in [0, 0.1) is 18.8 Å². The largest absolute Gasteiger partial charge is 0.416 e. The molecule has 1 saturated heterocycles. The molecule has 3 aliphatic rings. The van der Waals surface area contributed by atoms with Gasteiger partial charge in [0.25, 0.3) is 10.0 Å². The van der Waals surface area contributed by atoms with E-state index in [1.807, 2.05) is 0 Å². The molecule has 2 aromatic carbocycles. The second-order valence-corrected chi connectivity index (χ2v) is 11.4. The van der Waals surface area contributed by atoms with Gasteiger partial charge in [-0.15, -0.1) is 0 Å². The molecule has 2 aliphatic heterocycles. The molecule has 0 bridgehead atoms. The van der Waals surface area contributed by atoms with Crippen molar-refractivity contribution in [1.82, 2.24) is 0 Å². The van der Waals surface area contributed by atoms with Crippen LogP contribution in [0.3, 0.4) is 0 Å². The Kier molecular flexibility index (Phi) is 6.04. The van der Waals surface area contributed by atoms with Crippen LogP contribution >= 0.6 is 0 Å². The molecule has 2 heterocycles. The molecule has 0 amide bonds. The molecular weight excluding hydrogens is 465 g/mol. The van der Waals surface area contributed by atoms with Crippen molar-refractivity contribution in [3.63, 3.8) is 0 Å². The maximum atomic E-state index is 13.1. The third-order valence-corrected chi connectivity index (χ3v) is 8.88. The molecule has 2 aromatic rings. The lowest BCUT2D eigenvalue weighted by Gasteiger charge is -2.42. The second kappa shape index (κ2) is 8.75. The molecule has 0 aromatic heterocycles. The van der Waals surface area contributed by atoms with Gasteiger partial charge >= 0.3 is 6.18 Å². The molecule has 9 heteroatoms. The topological polar surface area (TPSA) is 67.4 Å². The number of hydrogen-bond acceptors (Lipinski definition) is 4. The number of alkyl halides is 3. The summed E-state index contributed by atoms with van der Waals surface area (Å²) < 4.78 is 73.8. The third kappa shape index (κ3) is 4.40. The molecule has 5 rings (SSSR count). The first kappa shape index (κ1) is 23.5. The lowest BCUT2D eigenvalue weighted by molar-refractivity contribution is -0.138. The molecule has 2 N–H and O–H groups in total. The molecule has 2 fully saturated rings. The van der Waals surface area contributed by atoms with E-state index in [4.69, 9.17) is 4.74 Å². The SMILES string of the molecule is Cc1cc(NS(=O)(=O)c2ccc3c(c2)C2OCCC2C(C2CCCCC2)N3)ccc1C(F)(F)F. The van der Waals surface area contributed by atoms with Gasteiger partial charge < -0.3 is 10.1 Å². The number of halogens is 3. The van der Waals surface area contributed by atoms with Crippen molar-refractivity contribution in [2.75, 3.05) is 16.6 Å². The first-order chi connectivity index (χ1) is 16.1. The van der Waals surface area contributed by atoms with E-state index in [1.54, 1.807) is 12.1 Å². The van der Waals surface area contributed by atoms with Crippen LogP contribution in [-0.2, 0) is 20.9 Å². The Morgan fingerprint density at radius 1 is 1.03 bits per heavy atom. The molecule has 184 valence electrons. The monoisotopic (exact) mass is 494 g/mol. The smallest absolute Gasteiger partial charge is 0.381 e. The highest BCUT2D eigenvalue weighted by atomic mass is 32.2. The zero-order valence-corrected chi connectivity index (χ0v) is 19.8. The van der Waals surface area contributed by atoms with Crippen LogP contribution in [0.2, 0.25) is 0 Å². The fraction of sp³-hybridized carbons (Fsp3) is 0.520. The lowest BCUT2D eigenvalue weighted by atomic mass is 9.73. The van der Waals surface area contributed by atoms with Gasteiger partial charge in [0.1, 0.15) is 0 Å². The summed E-state index contributed by atoms with van der Waals surface area (Å²) in [6.07, 6.45) is 2.51. The van der Waals surface area contributed by atoms with E-state index in [1.165, 1.54) is 51.2 Å². The quantitative estimate of drug-likeness (QED) is 0.526. The van der Waals surface area contributed by atoms with Gasteiger partial charge in [-0.2, -0.15) is 13.2 Å². The van der Waals surface area contributed by atoms with Crippen LogP contribution in [0.25, 0.3) is 0 Å². The van der Waals surface area contributed by atoms with Gasteiger partial charge in [-0.1, -0.05) is 19.3 Å². The first-order valence-electron chi connectivity index (χ1n) is 11.9. The van der Waals surface area contributed by atoms with E-state index in [9.17, 15) is 21.6 Å². The number of hydrogen-bond donors (Lipinski definition) is 2. The van der Waals surface area contributed by atoms with Crippen molar-refractivity contribution < 1.29 is 26.3 Å². The number of sulfonamides is 1. The normalized spacial score (nSPS) is 25.4. The van der Waals surface area contributed by atoms with Crippen molar-refractivity contribution in [2.45, 2.75) is 68.7 Å². The zero-order chi connectivity index (χ0) is 24.1. The Bertz CT molecular complexity index is 1180. The molecule has 0 radical (unpaired) electrons. The predicted octanol–water partition coefficient (Wildman–Crippen LogP) is 6.27. The summed E-state index contributed by atoms with van der Waals surface area (Å²) in [6.45, 7) is 1.96. The van der Waals surface area contributed by atoms with Crippen molar-refractivity contribution in [1.29, 1.82) is 0 Å². The van der Waals surface area contributed by atoms with Crippen LogP contribution in [0.15, 0.2) is 41.3 Å². The van der Waals surface area contributed by atoms with Crippen molar-refractivity contribution in [3.8, 4) is 0 Å². The fourth-order valence-corrected chi connectivity index (χ4v) is 6.96. The summed E-state index contributed by atoms with van der Waals surface area (Å²) in [4.78, 5) is 0.0657. The van der Waals surface area contributed by atoms with Gasteiger partial charge in [0, 0.05) is 35.5 Å². The average Bonchev–Trinajstić information content (AvgIpc) is 3.28. The summed E-state index contributed by atoms with van der Waals surface area (Å²) in [7, 11) is -3.99. The maximum absolute atomic E-state index is 13.1. The highest BCUT2D eigenvalue weighted by Crippen LogP contribution is 2.49. The molecule has 1 saturated carbocycles. The molecule has 0 spiro atoms. The number of fused-ring (bicyclic) bond motifs is 3. The summed E-state index contributed by atoms with van der Waals surface area (Å²) in [5, 5.41) is 3.69. The number of aryl methyl sites for hydroxylation is 1. The van der Waals surface area contributed by atoms with Crippen molar-refractivity contribution in [2.24, 2.45) is 11.8 Å². The van der Waals surface area contributed by atoms with Gasteiger partial charge in [0.05, 0.1) is 16.6 Å². The minimum atomic E-state index is -4.49. The van der Waals surface area contributed by atoms with E-state index in [2.05, 4.69) is 10.0 Å². The molecule has 3 unspecified atom stereocenters. The minimum absolute atomic E-state index is 0.0432. The van der Waals surface area contributed by atoms with Crippen LogP contribution in [0.5, 0.6) is 0 Å². The molecule has 34 heavy (non-hydrogen) atoms. The number of rotatable bonds is 4. The molecule has 3 atom stereocenters. The van der Waals surface area contributed by atoms with Crippen LogP contribution < -0.4 is 10.0 Å². The van der Waals surface area contributed by atoms with Crippen LogP contribution in [0.4, 0.5) is 24.5 Å². The summed E-state index contributed by atoms with van der Waals surface area (Å²) in [5.74, 6) is 0.906. The highest BCUT2D eigenvalue weighted by molar-refractivity contribution is 7.92. The summed E-state index contributed by atoms with van der Waals surface area (Å²) >= 11 is 0. The maximum Gasteiger partial charge on any atom is 0.416 e. The lowest BCUT2D eigenvalue weighted by Crippen LogP contribution is -2.42. The molecule has 1 aliphatic carbocycles. The number of ether oxygens (including phenoxy) is 1. The van der Waals surface area contributed by atoms with Gasteiger partial charge in [-0.25, -0.2) is 8.42 Å². The Labute approximate surface area is 198 Å². The Balaban J connectivity index is 1.41. The Morgan fingerprint density at radius 2 is 1.79 bits per heavy atom. The van der Waals surface area contributed by atoms with E-state index >= 15 is 0 Å². The van der Waals surface area contributed by atoms with Gasteiger partial charge in [-0.3, -0.25) is 4.72 Å². The van der Waals surface area contributed by atoms with E-state index < -0.39 is 21.8 Å². The average molecular weight is 495 g/mol. The van der Waals surface area contributed by atoms with Gasteiger partial charge in [-0.05, 0) is 74.1 Å². The minimum Gasteiger partial charge on any atom is -0.381 e. The Hall–Kier alpha value is -2.26. The van der Waals surface area contributed by atoms with Crippen molar-refractivity contribution >= 4 is 21.4 Å². The van der Waals surface area contributed by atoms with Crippen molar-refractivity contribution in [3.05, 3.63) is 53.1 Å².